The number of nitriles is 1. The van der Waals surface area contributed by atoms with E-state index in [0.29, 0.717) is 33.7 Å². The molecule has 6 heteroatoms. The molecule has 144 valence electrons. The Morgan fingerprint density at radius 1 is 1.03 bits per heavy atom. The minimum absolute atomic E-state index is 0.0707. The zero-order valence-corrected chi connectivity index (χ0v) is 16.7. The number of rotatable bonds is 6. The van der Waals surface area contributed by atoms with Gasteiger partial charge in [-0.2, -0.15) is 5.26 Å². The average molecular weight is 423 g/mol. The molecule has 0 saturated carbocycles. The summed E-state index contributed by atoms with van der Waals surface area (Å²) >= 11 is 12.0. The van der Waals surface area contributed by atoms with Crippen molar-refractivity contribution in [3.63, 3.8) is 0 Å². The molecule has 29 heavy (non-hydrogen) atoms. The van der Waals surface area contributed by atoms with Crippen LogP contribution in [0.2, 0.25) is 10.0 Å². The quantitative estimate of drug-likeness (QED) is 0.384. The summed E-state index contributed by atoms with van der Waals surface area (Å²) < 4.78 is 5.72. The minimum Gasteiger partial charge on any atom is -0.489 e. The molecule has 3 aromatic rings. The monoisotopic (exact) mass is 422 g/mol. The number of nitrogens with one attached hydrogen (secondary N) is 1. The number of carbonyl (C=O) groups is 1. The first-order valence-corrected chi connectivity index (χ1v) is 9.46. The van der Waals surface area contributed by atoms with E-state index in [0.717, 1.165) is 5.56 Å². The molecule has 0 fully saturated rings. The Hall–Kier alpha value is -3.26. The minimum atomic E-state index is -0.531. The van der Waals surface area contributed by atoms with Crippen LogP contribution in [0.3, 0.4) is 0 Å². The molecule has 3 aromatic carbocycles. The number of anilines is 1. The number of amides is 1. The topological polar surface area (TPSA) is 62.1 Å². The van der Waals surface area contributed by atoms with Gasteiger partial charge in [-0.05, 0) is 53.6 Å². The maximum Gasteiger partial charge on any atom is 0.266 e. The maximum atomic E-state index is 12.4. The Morgan fingerprint density at radius 2 is 1.76 bits per heavy atom. The fourth-order valence-electron chi connectivity index (χ4n) is 2.50. The standard InChI is InChI=1S/C23H16Cl2N2O2/c24-19-7-6-17(22(25)13-19)12-18(14-26)23(28)27-20-8-10-21(11-9-20)29-15-16-4-2-1-3-5-16/h1-13H,15H2,(H,27,28)/b18-12+. The van der Waals surface area contributed by atoms with Gasteiger partial charge in [-0.25, -0.2) is 0 Å². The van der Waals surface area contributed by atoms with Gasteiger partial charge in [0, 0.05) is 15.7 Å². The predicted octanol–water partition coefficient (Wildman–Crippen LogP) is 6.12. The van der Waals surface area contributed by atoms with E-state index in [2.05, 4.69) is 5.32 Å². The van der Waals surface area contributed by atoms with Gasteiger partial charge in [-0.3, -0.25) is 4.79 Å². The number of benzene rings is 3. The van der Waals surface area contributed by atoms with Crippen molar-refractivity contribution >= 4 is 40.9 Å². The summed E-state index contributed by atoms with van der Waals surface area (Å²) in [6, 6.07) is 23.5. The number of hydrogen-bond acceptors (Lipinski definition) is 3. The van der Waals surface area contributed by atoms with Crippen LogP contribution >= 0.6 is 23.2 Å². The van der Waals surface area contributed by atoms with E-state index in [1.165, 1.54) is 6.08 Å². The van der Waals surface area contributed by atoms with E-state index in [4.69, 9.17) is 27.9 Å². The largest absolute Gasteiger partial charge is 0.489 e. The molecule has 1 amide bonds. The van der Waals surface area contributed by atoms with Gasteiger partial charge in [0.05, 0.1) is 0 Å². The van der Waals surface area contributed by atoms with Crippen LogP contribution in [0.1, 0.15) is 11.1 Å². The van der Waals surface area contributed by atoms with Crippen molar-refractivity contribution in [1.29, 1.82) is 5.26 Å². The average Bonchev–Trinajstić information content (AvgIpc) is 2.73. The SMILES string of the molecule is N#C/C(=C\c1ccc(Cl)cc1Cl)C(=O)Nc1ccc(OCc2ccccc2)cc1. The van der Waals surface area contributed by atoms with Crippen LogP contribution in [-0.2, 0) is 11.4 Å². The van der Waals surface area contributed by atoms with Crippen molar-refractivity contribution in [2.75, 3.05) is 5.32 Å². The Bertz CT molecular complexity index is 1070. The van der Waals surface area contributed by atoms with Gasteiger partial charge < -0.3 is 10.1 Å². The second-order valence-corrected chi connectivity index (χ2v) is 6.93. The van der Waals surface area contributed by atoms with Crippen LogP contribution in [-0.4, -0.2) is 5.91 Å². The van der Waals surface area contributed by atoms with Crippen LogP contribution in [0.15, 0.2) is 78.4 Å². The molecule has 0 unspecified atom stereocenters. The van der Waals surface area contributed by atoms with Crippen LogP contribution < -0.4 is 10.1 Å². The summed E-state index contributed by atoms with van der Waals surface area (Å²) in [6.07, 6.45) is 1.42. The molecule has 0 spiro atoms. The van der Waals surface area contributed by atoms with Crippen molar-refractivity contribution < 1.29 is 9.53 Å². The lowest BCUT2D eigenvalue weighted by molar-refractivity contribution is -0.112. The van der Waals surface area contributed by atoms with E-state index >= 15 is 0 Å². The molecule has 0 aliphatic heterocycles. The van der Waals surface area contributed by atoms with Gasteiger partial charge in [0.15, 0.2) is 0 Å². The first kappa shape index (κ1) is 20.5. The number of hydrogen-bond donors (Lipinski definition) is 1. The fraction of sp³-hybridized carbons (Fsp3) is 0.0435. The van der Waals surface area contributed by atoms with Gasteiger partial charge in [0.2, 0.25) is 0 Å². The lowest BCUT2D eigenvalue weighted by atomic mass is 10.1. The van der Waals surface area contributed by atoms with Crippen molar-refractivity contribution in [1.82, 2.24) is 0 Å². The predicted molar refractivity (Wildman–Crippen MR) is 116 cm³/mol. The Balaban J connectivity index is 1.64. The highest BCUT2D eigenvalue weighted by atomic mass is 35.5. The van der Waals surface area contributed by atoms with Crippen molar-refractivity contribution in [2.24, 2.45) is 0 Å². The molecular formula is C23H16Cl2N2O2. The summed E-state index contributed by atoms with van der Waals surface area (Å²) in [6.45, 7) is 0.454. The normalized spacial score (nSPS) is 10.9. The zero-order chi connectivity index (χ0) is 20.6. The van der Waals surface area contributed by atoms with Crippen LogP contribution in [0.5, 0.6) is 5.75 Å². The first-order valence-electron chi connectivity index (χ1n) is 8.70. The third kappa shape index (κ3) is 5.86. The molecule has 0 radical (unpaired) electrons. The van der Waals surface area contributed by atoms with E-state index < -0.39 is 5.91 Å². The fourth-order valence-corrected chi connectivity index (χ4v) is 2.96. The second kappa shape index (κ2) is 9.79. The highest BCUT2D eigenvalue weighted by Crippen LogP contribution is 2.24. The maximum absolute atomic E-state index is 12.4. The summed E-state index contributed by atoms with van der Waals surface area (Å²) in [5, 5.41) is 12.9. The van der Waals surface area contributed by atoms with Crippen LogP contribution in [0.25, 0.3) is 6.08 Å². The van der Waals surface area contributed by atoms with E-state index in [-0.39, 0.29) is 5.57 Å². The molecule has 0 bridgehead atoms. The molecule has 1 N–H and O–H groups in total. The van der Waals surface area contributed by atoms with Gasteiger partial charge in [0.25, 0.3) is 5.91 Å². The van der Waals surface area contributed by atoms with Crippen LogP contribution in [0, 0.1) is 11.3 Å². The number of halogens is 2. The highest BCUT2D eigenvalue weighted by Gasteiger charge is 2.11. The Labute approximate surface area is 179 Å². The van der Waals surface area contributed by atoms with E-state index in [1.54, 1.807) is 42.5 Å². The summed E-state index contributed by atoms with van der Waals surface area (Å²) in [5.41, 5.74) is 2.08. The number of carbonyl (C=O) groups excluding carboxylic acids is 1. The van der Waals surface area contributed by atoms with Gasteiger partial charge >= 0.3 is 0 Å². The summed E-state index contributed by atoms with van der Waals surface area (Å²) in [7, 11) is 0. The molecule has 0 aromatic heterocycles. The second-order valence-electron chi connectivity index (χ2n) is 6.09. The van der Waals surface area contributed by atoms with Crippen molar-refractivity contribution in [3.8, 4) is 11.8 Å². The number of ether oxygens (including phenoxy) is 1. The summed E-state index contributed by atoms with van der Waals surface area (Å²) in [5.74, 6) is 0.146. The smallest absolute Gasteiger partial charge is 0.266 e. The Kier molecular flexibility index (Phi) is 6.91. The van der Waals surface area contributed by atoms with Crippen LogP contribution in [0.4, 0.5) is 5.69 Å². The molecule has 0 aliphatic rings. The molecule has 0 aliphatic carbocycles. The third-order valence-electron chi connectivity index (χ3n) is 3.99. The van der Waals surface area contributed by atoms with E-state index in [1.807, 2.05) is 36.4 Å². The zero-order valence-electron chi connectivity index (χ0n) is 15.2. The Morgan fingerprint density at radius 3 is 2.41 bits per heavy atom. The van der Waals surface area contributed by atoms with Crippen molar-refractivity contribution in [2.45, 2.75) is 6.61 Å². The lowest BCUT2D eigenvalue weighted by Crippen LogP contribution is -2.13. The first-order chi connectivity index (χ1) is 14.0. The molecule has 0 heterocycles. The molecule has 4 nitrogen and oxygen atoms in total. The van der Waals surface area contributed by atoms with Gasteiger partial charge in [-0.15, -0.1) is 0 Å². The molecule has 0 atom stereocenters. The lowest BCUT2D eigenvalue weighted by Gasteiger charge is -2.08. The molecule has 3 rings (SSSR count). The summed E-state index contributed by atoms with van der Waals surface area (Å²) in [4.78, 5) is 12.4. The third-order valence-corrected chi connectivity index (χ3v) is 4.55. The van der Waals surface area contributed by atoms with Gasteiger partial charge in [-0.1, -0.05) is 59.6 Å². The van der Waals surface area contributed by atoms with Crippen molar-refractivity contribution in [3.05, 3.63) is 99.5 Å². The van der Waals surface area contributed by atoms with E-state index in [9.17, 15) is 10.1 Å². The van der Waals surface area contributed by atoms with Gasteiger partial charge in [0.1, 0.15) is 24.0 Å². The molecule has 0 saturated heterocycles. The molecular weight excluding hydrogens is 407 g/mol. The number of nitrogens with zero attached hydrogens (tertiary/aromatic N) is 1. The highest BCUT2D eigenvalue weighted by molar-refractivity contribution is 6.35.